The van der Waals surface area contributed by atoms with Crippen LogP contribution >= 0.6 is 11.3 Å². The molecule has 0 saturated carbocycles. The Hall–Kier alpha value is -7.72. The third-order valence-corrected chi connectivity index (χ3v) is 13.8. The van der Waals surface area contributed by atoms with E-state index in [-0.39, 0.29) is 0 Å². The van der Waals surface area contributed by atoms with E-state index in [9.17, 15) is 0 Å². The van der Waals surface area contributed by atoms with Gasteiger partial charge in [0.15, 0.2) is 5.82 Å². The summed E-state index contributed by atoms with van der Waals surface area (Å²) in [6.45, 7) is 0. The standard InChI is InChI=1S/C59H38N2S/c1-4-16-40(17-5-1)46-22-10-11-25-50(46)58-60-54(41-30-28-39(29-31-41)42-33-35-57-51(36-42)49-24-13-15-27-56(49)62-57)38-55(61-58)43-32-34-48-47-23-12-14-26-52(47)59(53(48)37-43,44-18-6-2-7-19-44)45-20-8-3-9-21-45/h1-38H. The van der Waals surface area contributed by atoms with Gasteiger partial charge in [0.2, 0.25) is 0 Å². The molecule has 11 aromatic rings. The number of rotatable bonds is 7. The molecule has 290 valence electrons. The number of thiophene rings is 1. The molecule has 0 fully saturated rings. The zero-order valence-electron chi connectivity index (χ0n) is 33.7. The molecule has 2 aromatic heterocycles. The highest BCUT2D eigenvalue weighted by molar-refractivity contribution is 7.25. The van der Waals surface area contributed by atoms with Crippen molar-refractivity contribution in [1.82, 2.24) is 9.97 Å². The van der Waals surface area contributed by atoms with Gasteiger partial charge in [0, 0.05) is 36.9 Å². The van der Waals surface area contributed by atoms with Crippen molar-refractivity contribution >= 4 is 31.5 Å². The van der Waals surface area contributed by atoms with E-state index in [1.807, 2.05) is 11.3 Å². The molecule has 0 spiro atoms. The molecule has 0 aliphatic heterocycles. The number of benzene rings is 9. The minimum absolute atomic E-state index is 0.517. The van der Waals surface area contributed by atoms with Crippen LogP contribution in [0.4, 0.5) is 0 Å². The van der Waals surface area contributed by atoms with Crippen LogP contribution in [-0.4, -0.2) is 9.97 Å². The molecule has 2 nitrogen and oxygen atoms in total. The first-order chi connectivity index (χ1) is 30.7. The van der Waals surface area contributed by atoms with Crippen LogP contribution in [0.5, 0.6) is 0 Å². The second-order valence-corrected chi connectivity index (χ2v) is 17.1. The summed E-state index contributed by atoms with van der Waals surface area (Å²) in [6, 6.07) is 83.4. The Morgan fingerprint density at radius 3 is 1.58 bits per heavy atom. The fourth-order valence-electron chi connectivity index (χ4n) is 9.75. The van der Waals surface area contributed by atoms with Crippen molar-refractivity contribution in [2.45, 2.75) is 5.41 Å². The van der Waals surface area contributed by atoms with Crippen LogP contribution in [-0.2, 0) is 5.41 Å². The maximum absolute atomic E-state index is 5.46. The zero-order valence-corrected chi connectivity index (χ0v) is 34.6. The summed E-state index contributed by atoms with van der Waals surface area (Å²) in [6.07, 6.45) is 0. The van der Waals surface area contributed by atoms with Crippen molar-refractivity contribution in [3.05, 3.63) is 253 Å². The van der Waals surface area contributed by atoms with E-state index in [2.05, 4.69) is 231 Å². The summed E-state index contributed by atoms with van der Waals surface area (Å²) in [4.78, 5) is 10.8. The molecular weight excluding hydrogens is 769 g/mol. The van der Waals surface area contributed by atoms with Gasteiger partial charge in [-0.05, 0) is 86.0 Å². The molecule has 0 radical (unpaired) electrons. The predicted octanol–water partition coefficient (Wildman–Crippen LogP) is 15.5. The number of hydrogen-bond acceptors (Lipinski definition) is 3. The molecule has 1 aliphatic rings. The molecule has 0 saturated heterocycles. The monoisotopic (exact) mass is 806 g/mol. The molecule has 62 heavy (non-hydrogen) atoms. The van der Waals surface area contributed by atoms with Gasteiger partial charge in [-0.3, -0.25) is 0 Å². The lowest BCUT2D eigenvalue weighted by Gasteiger charge is -2.34. The second-order valence-electron chi connectivity index (χ2n) is 16.0. The lowest BCUT2D eigenvalue weighted by atomic mass is 9.67. The van der Waals surface area contributed by atoms with E-state index in [0.29, 0.717) is 5.82 Å². The maximum Gasteiger partial charge on any atom is 0.161 e. The highest BCUT2D eigenvalue weighted by Gasteiger charge is 2.46. The fourth-order valence-corrected chi connectivity index (χ4v) is 10.8. The third kappa shape index (κ3) is 5.85. The van der Waals surface area contributed by atoms with Crippen LogP contribution in [0.15, 0.2) is 231 Å². The smallest absolute Gasteiger partial charge is 0.161 e. The summed E-state index contributed by atoms with van der Waals surface area (Å²) in [5.74, 6) is 0.692. The number of fused-ring (bicyclic) bond motifs is 6. The third-order valence-electron chi connectivity index (χ3n) is 12.6. The van der Waals surface area contributed by atoms with Crippen LogP contribution in [0.1, 0.15) is 22.3 Å². The lowest BCUT2D eigenvalue weighted by Crippen LogP contribution is -2.28. The average molecular weight is 807 g/mol. The van der Waals surface area contributed by atoms with E-state index < -0.39 is 5.41 Å². The molecule has 9 aromatic carbocycles. The maximum atomic E-state index is 5.46. The van der Waals surface area contributed by atoms with E-state index >= 15 is 0 Å². The van der Waals surface area contributed by atoms with Crippen molar-refractivity contribution in [3.8, 4) is 67.3 Å². The molecule has 0 atom stereocenters. The quantitative estimate of drug-likeness (QED) is 0.160. The van der Waals surface area contributed by atoms with E-state index in [4.69, 9.17) is 9.97 Å². The van der Waals surface area contributed by atoms with Crippen LogP contribution < -0.4 is 0 Å². The van der Waals surface area contributed by atoms with Gasteiger partial charge in [-0.15, -0.1) is 11.3 Å². The first-order valence-corrected chi connectivity index (χ1v) is 22.0. The minimum atomic E-state index is -0.517. The Morgan fingerprint density at radius 1 is 0.306 bits per heavy atom. The summed E-state index contributed by atoms with van der Waals surface area (Å²) < 4.78 is 2.63. The summed E-state index contributed by atoms with van der Waals surface area (Å²) >= 11 is 1.85. The van der Waals surface area contributed by atoms with Crippen LogP contribution in [0.2, 0.25) is 0 Å². The molecule has 0 unspecified atom stereocenters. The molecule has 12 rings (SSSR count). The van der Waals surface area contributed by atoms with Gasteiger partial charge in [0.1, 0.15) is 0 Å². The Labute approximate surface area is 365 Å². The Bertz CT molecular complexity index is 3400. The summed E-state index contributed by atoms with van der Waals surface area (Å²) in [5, 5.41) is 2.61. The van der Waals surface area contributed by atoms with Crippen molar-refractivity contribution in [3.63, 3.8) is 0 Å². The van der Waals surface area contributed by atoms with Crippen LogP contribution in [0.3, 0.4) is 0 Å². The van der Waals surface area contributed by atoms with Gasteiger partial charge in [-0.1, -0.05) is 200 Å². The topological polar surface area (TPSA) is 25.8 Å². The minimum Gasteiger partial charge on any atom is -0.228 e. The normalized spacial score (nSPS) is 12.6. The van der Waals surface area contributed by atoms with Gasteiger partial charge >= 0.3 is 0 Å². The summed E-state index contributed by atoms with van der Waals surface area (Å²) in [5.41, 5.74) is 16.4. The molecule has 0 N–H and O–H groups in total. The average Bonchev–Trinajstić information content (AvgIpc) is 3.88. The molecule has 1 aliphatic carbocycles. The Balaban J connectivity index is 1.04. The van der Waals surface area contributed by atoms with E-state index in [1.165, 1.54) is 64.7 Å². The van der Waals surface area contributed by atoms with Crippen molar-refractivity contribution in [2.24, 2.45) is 0 Å². The summed E-state index contributed by atoms with van der Waals surface area (Å²) in [7, 11) is 0. The van der Waals surface area contributed by atoms with Gasteiger partial charge in [0.25, 0.3) is 0 Å². The van der Waals surface area contributed by atoms with E-state index in [1.54, 1.807) is 0 Å². The van der Waals surface area contributed by atoms with E-state index in [0.717, 1.165) is 39.2 Å². The van der Waals surface area contributed by atoms with Crippen molar-refractivity contribution < 1.29 is 0 Å². The predicted molar refractivity (Wildman–Crippen MR) is 259 cm³/mol. The van der Waals surface area contributed by atoms with Crippen molar-refractivity contribution in [2.75, 3.05) is 0 Å². The number of hydrogen-bond donors (Lipinski definition) is 0. The molecule has 2 heterocycles. The first kappa shape index (κ1) is 36.2. The van der Waals surface area contributed by atoms with Gasteiger partial charge in [-0.25, -0.2) is 9.97 Å². The van der Waals surface area contributed by atoms with Gasteiger partial charge in [-0.2, -0.15) is 0 Å². The molecule has 3 heteroatoms. The molecule has 0 amide bonds. The van der Waals surface area contributed by atoms with Crippen LogP contribution in [0, 0.1) is 0 Å². The van der Waals surface area contributed by atoms with Crippen molar-refractivity contribution in [1.29, 1.82) is 0 Å². The first-order valence-electron chi connectivity index (χ1n) is 21.1. The molecule has 0 bridgehead atoms. The lowest BCUT2D eigenvalue weighted by molar-refractivity contribution is 0.768. The number of aromatic nitrogens is 2. The highest BCUT2D eigenvalue weighted by atomic mass is 32.1. The second kappa shape index (κ2) is 14.8. The Kier molecular flexibility index (Phi) is 8.62. The van der Waals surface area contributed by atoms with Crippen LogP contribution in [0.25, 0.3) is 87.5 Å². The molecular formula is C59H38N2S. The largest absolute Gasteiger partial charge is 0.228 e. The SMILES string of the molecule is c1ccc(-c2ccccc2-c2nc(-c3ccc(-c4ccc5sc6ccccc6c5c4)cc3)cc(-c3ccc4c(c3)C(c3ccccc3)(c3ccccc3)c3ccccc3-4)n2)cc1. The van der Waals surface area contributed by atoms with Gasteiger partial charge < -0.3 is 0 Å². The van der Waals surface area contributed by atoms with Gasteiger partial charge in [0.05, 0.1) is 16.8 Å². The zero-order chi connectivity index (χ0) is 41.0. The highest BCUT2D eigenvalue weighted by Crippen LogP contribution is 2.56. The fraction of sp³-hybridized carbons (Fsp3) is 0.0169. The Morgan fingerprint density at radius 2 is 0.839 bits per heavy atom. The number of nitrogens with zero attached hydrogens (tertiary/aromatic N) is 2.